The quantitative estimate of drug-likeness (QED) is 0.681. The Hall–Kier alpha value is -2.11. The average molecular weight is 315 g/mol. The molecule has 3 amide bonds. The second kappa shape index (κ2) is 4.69. The molecule has 1 aliphatic heterocycles. The van der Waals surface area contributed by atoms with E-state index >= 15 is 0 Å². The molecule has 3 fully saturated rings. The number of carbonyl (C=O) groups is 3. The highest BCUT2D eigenvalue weighted by Crippen LogP contribution is 2.59. The van der Waals surface area contributed by atoms with E-state index in [2.05, 4.69) is 4.98 Å². The number of aromatic nitrogens is 1. The fourth-order valence-corrected chi connectivity index (χ4v) is 4.53. The number of ketones is 1. The third-order valence-electron chi connectivity index (χ3n) is 6.36. The summed E-state index contributed by atoms with van der Waals surface area (Å²) in [6.45, 7) is 1.67. The van der Waals surface area contributed by atoms with Crippen LogP contribution in [0, 0.1) is 17.8 Å². The molecule has 0 spiro atoms. The lowest BCUT2D eigenvalue weighted by Gasteiger charge is -2.58. The van der Waals surface area contributed by atoms with Crippen LogP contribution in [-0.4, -0.2) is 51.6 Å². The number of fused-ring (bicyclic) bond motifs is 1. The van der Waals surface area contributed by atoms with Crippen molar-refractivity contribution >= 4 is 17.7 Å². The van der Waals surface area contributed by atoms with E-state index in [1.54, 1.807) is 30.3 Å². The Bertz CT molecular complexity index is 683. The number of hydrogen-bond acceptors (Lipinski definition) is 3. The highest BCUT2D eigenvalue weighted by Gasteiger charge is 2.64. The molecule has 122 valence electrons. The summed E-state index contributed by atoms with van der Waals surface area (Å²) in [6.07, 6.45) is 5.07. The molecule has 1 saturated heterocycles. The van der Waals surface area contributed by atoms with E-state index < -0.39 is 5.54 Å². The molecule has 23 heavy (non-hydrogen) atoms. The number of nitrogens with one attached hydrogen (secondary N) is 1. The summed E-state index contributed by atoms with van der Waals surface area (Å²) >= 11 is 0. The Kier molecular flexibility index (Phi) is 2.95. The molecular weight excluding hydrogens is 294 g/mol. The van der Waals surface area contributed by atoms with Crippen molar-refractivity contribution in [3.63, 3.8) is 0 Å². The minimum atomic E-state index is -0.797. The molecule has 0 aromatic carbocycles. The molecule has 1 aromatic rings. The van der Waals surface area contributed by atoms with E-state index in [4.69, 9.17) is 0 Å². The van der Waals surface area contributed by atoms with Crippen LogP contribution in [-0.2, 0) is 4.79 Å². The summed E-state index contributed by atoms with van der Waals surface area (Å²) in [4.78, 5) is 43.3. The van der Waals surface area contributed by atoms with Gasteiger partial charge >= 0.3 is 6.03 Å². The van der Waals surface area contributed by atoms with Crippen LogP contribution in [0.5, 0.6) is 0 Å². The minimum Gasteiger partial charge on any atom is -0.359 e. The van der Waals surface area contributed by atoms with Crippen molar-refractivity contribution in [2.75, 3.05) is 13.6 Å². The van der Waals surface area contributed by atoms with Crippen LogP contribution in [0.15, 0.2) is 18.3 Å². The number of Topliss-reactive ketones (excluding diaryl/α,β-unsaturated/α-hetero) is 1. The molecule has 0 radical (unpaired) electrons. The van der Waals surface area contributed by atoms with Gasteiger partial charge in [0.2, 0.25) is 0 Å². The molecule has 2 saturated carbocycles. The van der Waals surface area contributed by atoms with Gasteiger partial charge < -0.3 is 9.88 Å². The SMILES string of the molecule is CN1C(=O)N(CC(=O)c2ccc[nH]2)C(=O)C1(C)C1CC2CC[C@H]21. The average Bonchev–Trinajstić information content (AvgIpc) is 3.10. The van der Waals surface area contributed by atoms with Crippen LogP contribution < -0.4 is 0 Å². The highest BCUT2D eigenvalue weighted by atomic mass is 16.2. The van der Waals surface area contributed by atoms with Gasteiger partial charge in [-0.1, -0.05) is 0 Å². The number of carbonyl (C=O) groups excluding carboxylic acids is 3. The number of amides is 3. The monoisotopic (exact) mass is 315 g/mol. The molecule has 3 aliphatic rings. The van der Waals surface area contributed by atoms with E-state index in [0.29, 0.717) is 11.6 Å². The first-order valence-electron chi connectivity index (χ1n) is 8.21. The molecule has 2 heterocycles. The van der Waals surface area contributed by atoms with Crippen molar-refractivity contribution in [1.29, 1.82) is 0 Å². The zero-order valence-corrected chi connectivity index (χ0v) is 13.4. The zero-order chi connectivity index (χ0) is 16.4. The lowest BCUT2D eigenvalue weighted by molar-refractivity contribution is -0.147. The molecular formula is C17H21N3O3. The van der Waals surface area contributed by atoms with Crippen LogP contribution in [0.1, 0.15) is 36.7 Å². The predicted octanol–water partition coefficient (Wildman–Crippen LogP) is 1.90. The van der Waals surface area contributed by atoms with Gasteiger partial charge in [0.05, 0.1) is 12.2 Å². The molecule has 4 rings (SSSR count). The third-order valence-corrected chi connectivity index (χ3v) is 6.36. The van der Waals surface area contributed by atoms with Gasteiger partial charge in [-0.05, 0) is 56.1 Å². The predicted molar refractivity (Wildman–Crippen MR) is 82.7 cm³/mol. The summed E-state index contributed by atoms with van der Waals surface area (Å²) in [7, 11) is 1.69. The fraction of sp³-hybridized carbons (Fsp3) is 0.588. The third kappa shape index (κ3) is 1.77. The van der Waals surface area contributed by atoms with Crippen LogP contribution in [0.25, 0.3) is 0 Å². The van der Waals surface area contributed by atoms with Crippen molar-refractivity contribution in [2.24, 2.45) is 17.8 Å². The van der Waals surface area contributed by atoms with Crippen LogP contribution in [0.4, 0.5) is 4.79 Å². The maximum Gasteiger partial charge on any atom is 0.327 e. The normalized spacial score (nSPS) is 35.8. The number of H-pyrrole nitrogens is 1. The lowest BCUT2D eigenvalue weighted by Crippen LogP contribution is -2.62. The first-order chi connectivity index (χ1) is 10.9. The molecule has 0 bridgehead atoms. The van der Waals surface area contributed by atoms with Crippen molar-refractivity contribution in [1.82, 2.24) is 14.8 Å². The molecule has 3 unspecified atom stereocenters. The Morgan fingerprint density at radius 1 is 1.39 bits per heavy atom. The number of nitrogens with zero attached hydrogens (tertiary/aromatic N) is 2. The van der Waals surface area contributed by atoms with Gasteiger partial charge in [0, 0.05) is 13.2 Å². The van der Waals surface area contributed by atoms with Crippen LogP contribution >= 0.6 is 0 Å². The van der Waals surface area contributed by atoms with E-state index in [9.17, 15) is 14.4 Å². The van der Waals surface area contributed by atoms with E-state index in [1.807, 2.05) is 6.92 Å². The second-order valence-electron chi connectivity index (χ2n) is 7.23. The first kappa shape index (κ1) is 14.5. The fourth-order valence-electron chi connectivity index (χ4n) is 4.53. The van der Waals surface area contributed by atoms with Gasteiger partial charge in [-0.15, -0.1) is 0 Å². The number of aromatic amines is 1. The standard InChI is InChI=1S/C17H21N3O3/c1-17(12-8-10-5-6-11(10)12)15(22)20(16(23)19(17)2)9-14(21)13-4-3-7-18-13/h3-4,7,10-12,18H,5-6,8-9H2,1-2H3/t10?,11-,12?,17?/m1/s1. The van der Waals surface area contributed by atoms with Crippen LogP contribution in [0.3, 0.4) is 0 Å². The van der Waals surface area contributed by atoms with Crippen molar-refractivity contribution in [3.8, 4) is 0 Å². The summed E-state index contributed by atoms with van der Waals surface area (Å²) < 4.78 is 0. The van der Waals surface area contributed by atoms with Gasteiger partial charge in [-0.3, -0.25) is 14.5 Å². The summed E-state index contributed by atoms with van der Waals surface area (Å²) in [5.74, 6) is 1.07. The van der Waals surface area contributed by atoms with Crippen molar-refractivity contribution < 1.29 is 14.4 Å². The lowest BCUT2D eigenvalue weighted by atomic mass is 9.48. The van der Waals surface area contributed by atoms with Crippen LogP contribution in [0.2, 0.25) is 0 Å². The minimum absolute atomic E-state index is 0.196. The maximum absolute atomic E-state index is 13.0. The molecule has 6 heteroatoms. The largest absolute Gasteiger partial charge is 0.359 e. The molecule has 1 N–H and O–H groups in total. The second-order valence-corrected chi connectivity index (χ2v) is 7.23. The Balaban J connectivity index is 1.56. The smallest absolute Gasteiger partial charge is 0.327 e. The molecule has 4 atom stereocenters. The van der Waals surface area contributed by atoms with Gasteiger partial charge in [0.25, 0.3) is 5.91 Å². The number of rotatable bonds is 4. The summed E-state index contributed by atoms with van der Waals surface area (Å²) in [6, 6.07) is 3.02. The van der Waals surface area contributed by atoms with E-state index in [1.165, 1.54) is 6.42 Å². The van der Waals surface area contributed by atoms with Crippen molar-refractivity contribution in [2.45, 2.75) is 31.7 Å². The summed E-state index contributed by atoms with van der Waals surface area (Å²) in [5, 5.41) is 0. The number of imide groups is 1. The molecule has 1 aromatic heterocycles. The topological polar surface area (TPSA) is 73.5 Å². The maximum atomic E-state index is 13.0. The van der Waals surface area contributed by atoms with Gasteiger partial charge in [-0.25, -0.2) is 4.79 Å². The van der Waals surface area contributed by atoms with Gasteiger partial charge in [-0.2, -0.15) is 0 Å². The van der Waals surface area contributed by atoms with Crippen molar-refractivity contribution in [3.05, 3.63) is 24.0 Å². The number of likely N-dealkylation sites (N-methyl/N-ethyl adjacent to an activating group) is 1. The van der Waals surface area contributed by atoms with Gasteiger partial charge in [0.1, 0.15) is 5.54 Å². The van der Waals surface area contributed by atoms with Gasteiger partial charge in [0.15, 0.2) is 5.78 Å². The van der Waals surface area contributed by atoms with E-state index in [-0.39, 0.29) is 30.2 Å². The summed E-state index contributed by atoms with van der Waals surface area (Å²) in [5.41, 5.74) is -0.376. The number of urea groups is 1. The molecule has 6 nitrogen and oxygen atoms in total. The highest BCUT2D eigenvalue weighted by molar-refractivity contribution is 6.10. The number of hydrogen-bond donors (Lipinski definition) is 1. The van der Waals surface area contributed by atoms with E-state index in [0.717, 1.165) is 23.7 Å². The first-order valence-corrected chi connectivity index (χ1v) is 8.21. The zero-order valence-electron chi connectivity index (χ0n) is 13.4. The molecule has 2 aliphatic carbocycles. The Morgan fingerprint density at radius 3 is 2.70 bits per heavy atom. The Labute approximate surface area is 134 Å². The Morgan fingerprint density at radius 2 is 2.17 bits per heavy atom.